The normalized spacial score (nSPS) is 11.8. The fourth-order valence-electron chi connectivity index (χ4n) is 5.67. The summed E-state index contributed by atoms with van der Waals surface area (Å²) >= 11 is 0. The number of para-hydroxylation sites is 1. The zero-order valence-electron chi connectivity index (χ0n) is 27.0. The molecule has 10 nitrogen and oxygen atoms in total. The molecule has 0 aliphatic carbocycles. The van der Waals surface area contributed by atoms with Crippen molar-refractivity contribution < 1.29 is 23.5 Å². The van der Waals surface area contributed by atoms with Crippen molar-refractivity contribution in [2.24, 2.45) is 4.99 Å². The van der Waals surface area contributed by atoms with Gasteiger partial charge in [0.25, 0.3) is 11.8 Å². The lowest BCUT2D eigenvalue weighted by atomic mass is 10.1. The largest absolute Gasteiger partial charge is 0.493 e. The lowest BCUT2D eigenvalue weighted by molar-refractivity contribution is 0.0997. The summed E-state index contributed by atoms with van der Waals surface area (Å²) in [5.41, 5.74) is 5.69. The van der Waals surface area contributed by atoms with E-state index in [1.165, 1.54) is 43.0 Å². The second kappa shape index (κ2) is 14.4. The number of amides is 2. The Balaban J connectivity index is 1.14. The second-order valence-corrected chi connectivity index (χ2v) is 11.5. The number of aliphatic imine (C=N–C) groups is 1. The minimum absolute atomic E-state index is 0.129. The molecule has 2 amide bonds. The van der Waals surface area contributed by atoms with E-state index in [1.807, 2.05) is 30.5 Å². The molecule has 0 fully saturated rings. The van der Waals surface area contributed by atoms with Gasteiger partial charge in [0.05, 0.1) is 37.4 Å². The molecule has 2 heterocycles. The first-order valence-corrected chi connectivity index (χ1v) is 15.7. The van der Waals surface area contributed by atoms with Crippen molar-refractivity contribution in [3.63, 3.8) is 0 Å². The predicted molar refractivity (Wildman–Crippen MR) is 187 cm³/mol. The Kier molecular flexibility index (Phi) is 9.63. The van der Waals surface area contributed by atoms with Crippen molar-refractivity contribution in [2.75, 3.05) is 37.9 Å². The number of fused-ring (bicyclic) bond motifs is 2. The number of carbonyl (C=O) groups is 2. The Morgan fingerprint density at radius 2 is 1.62 bits per heavy atom. The summed E-state index contributed by atoms with van der Waals surface area (Å²) < 4.78 is 16.5. The van der Waals surface area contributed by atoms with Crippen LogP contribution in [-0.2, 0) is 19.5 Å². The monoisotopic (exact) mass is 644 g/mol. The van der Waals surface area contributed by atoms with E-state index >= 15 is 0 Å². The molecule has 244 valence electrons. The lowest BCUT2D eigenvalue weighted by Gasteiger charge is -2.21. The Labute approximate surface area is 278 Å². The van der Waals surface area contributed by atoms with E-state index in [9.17, 15) is 14.4 Å². The first-order valence-electron chi connectivity index (χ1n) is 15.7. The predicted octanol–water partition coefficient (Wildman–Crippen LogP) is 6.31. The summed E-state index contributed by atoms with van der Waals surface area (Å²) in [5, 5.41) is 5.97. The van der Waals surface area contributed by atoms with Gasteiger partial charge in [-0.15, -0.1) is 0 Å². The van der Waals surface area contributed by atoms with Gasteiger partial charge in [-0.25, -0.2) is 0 Å². The third-order valence-electron chi connectivity index (χ3n) is 8.36. The highest BCUT2D eigenvalue weighted by atomic mass is 16.5. The fraction of sp³-hybridized carbons (Fsp3) is 0.211. The highest BCUT2D eigenvalue weighted by Gasteiger charge is 2.21. The Morgan fingerprint density at radius 1 is 0.875 bits per heavy atom. The maximum atomic E-state index is 13.6. The van der Waals surface area contributed by atoms with Crippen LogP contribution in [-0.4, -0.2) is 50.2 Å². The first kappa shape index (κ1) is 32.2. The number of carbonyl (C=O) groups excluding carboxylic acids is 2. The smallest absolute Gasteiger partial charge is 0.291 e. The summed E-state index contributed by atoms with van der Waals surface area (Å²) in [7, 11) is 2.91. The summed E-state index contributed by atoms with van der Waals surface area (Å²) in [6, 6.07) is 25.0. The van der Waals surface area contributed by atoms with E-state index in [-0.39, 0.29) is 28.0 Å². The standard InChI is InChI=1S/C38H36N4O6/c1-4-42(23-25-9-12-26-21-39-22-27(26)17-25)16-15-24-10-13-28(14-11-24)40-37(44)30-18-34(46-2)35(47-3)19-31(30)41-38(45)36-20-32(43)29-7-5-6-8-33(29)48-36/h5-14,17-20,22H,4,15-16,21,23H2,1-3H3,(H,40,44)(H,41,45). The fourth-order valence-corrected chi connectivity index (χ4v) is 5.67. The number of nitrogens with one attached hydrogen (secondary N) is 2. The van der Waals surface area contributed by atoms with Crippen LogP contribution in [0.4, 0.5) is 11.4 Å². The Hall–Kier alpha value is -5.74. The molecule has 0 saturated carbocycles. The van der Waals surface area contributed by atoms with Crippen molar-refractivity contribution in [1.82, 2.24) is 4.90 Å². The zero-order chi connectivity index (χ0) is 33.6. The number of benzene rings is 4. The molecule has 0 radical (unpaired) electrons. The van der Waals surface area contributed by atoms with E-state index in [2.05, 4.69) is 45.6 Å². The van der Waals surface area contributed by atoms with E-state index in [0.717, 1.165) is 44.2 Å². The number of likely N-dealkylation sites (N-methyl/N-ethyl adjacent to an activating group) is 1. The minimum Gasteiger partial charge on any atom is -0.493 e. The minimum atomic E-state index is -0.699. The quantitative estimate of drug-likeness (QED) is 0.163. The topological polar surface area (TPSA) is 122 Å². The number of ether oxygens (including phenoxy) is 2. The number of nitrogens with zero attached hydrogens (tertiary/aromatic N) is 2. The number of rotatable bonds is 12. The van der Waals surface area contributed by atoms with Crippen LogP contribution >= 0.6 is 0 Å². The van der Waals surface area contributed by atoms with Crippen molar-refractivity contribution in [3.8, 4) is 11.5 Å². The second-order valence-electron chi connectivity index (χ2n) is 11.5. The molecule has 0 spiro atoms. The highest BCUT2D eigenvalue weighted by molar-refractivity contribution is 6.12. The van der Waals surface area contributed by atoms with Gasteiger partial charge in [-0.05, 0) is 71.6 Å². The van der Waals surface area contributed by atoms with E-state index in [1.54, 1.807) is 24.3 Å². The summed E-state index contributed by atoms with van der Waals surface area (Å²) in [6.07, 6.45) is 2.80. The summed E-state index contributed by atoms with van der Waals surface area (Å²) in [6.45, 7) is 5.61. The van der Waals surface area contributed by atoms with Crippen LogP contribution in [0.5, 0.6) is 11.5 Å². The van der Waals surface area contributed by atoms with Gasteiger partial charge < -0.3 is 24.5 Å². The third-order valence-corrected chi connectivity index (χ3v) is 8.36. The van der Waals surface area contributed by atoms with Gasteiger partial charge in [-0.2, -0.15) is 0 Å². The van der Waals surface area contributed by atoms with Crippen LogP contribution in [0, 0.1) is 0 Å². The van der Waals surface area contributed by atoms with Gasteiger partial charge in [-0.1, -0.05) is 43.3 Å². The van der Waals surface area contributed by atoms with Crippen molar-refractivity contribution in [1.29, 1.82) is 0 Å². The van der Waals surface area contributed by atoms with Crippen LogP contribution in [0.15, 0.2) is 99.1 Å². The average molecular weight is 645 g/mol. The van der Waals surface area contributed by atoms with Crippen LogP contribution in [0.1, 0.15) is 50.1 Å². The molecule has 10 heteroatoms. The van der Waals surface area contributed by atoms with E-state index < -0.39 is 11.8 Å². The van der Waals surface area contributed by atoms with Gasteiger partial charge in [0.2, 0.25) is 0 Å². The van der Waals surface area contributed by atoms with Gasteiger partial charge in [0.15, 0.2) is 22.7 Å². The molecule has 0 saturated heterocycles. The number of hydrogen-bond donors (Lipinski definition) is 2. The highest BCUT2D eigenvalue weighted by Crippen LogP contribution is 2.34. The Morgan fingerprint density at radius 3 is 2.40 bits per heavy atom. The molecule has 4 aromatic carbocycles. The molecule has 5 aromatic rings. The molecule has 1 aromatic heterocycles. The molecule has 0 bridgehead atoms. The molecular weight excluding hydrogens is 608 g/mol. The molecule has 6 rings (SSSR count). The maximum absolute atomic E-state index is 13.6. The molecule has 1 aliphatic heterocycles. The van der Waals surface area contributed by atoms with Gasteiger partial charge in [-0.3, -0.25) is 24.3 Å². The first-order chi connectivity index (χ1) is 23.3. The lowest BCUT2D eigenvalue weighted by Crippen LogP contribution is -2.25. The Bertz CT molecular complexity index is 2070. The van der Waals surface area contributed by atoms with Crippen LogP contribution in [0.3, 0.4) is 0 Å². The molecule has 0 unspecified atom stereocenters. The number of anilines is 2. The van der Waals surface area contributed by atoms with Crippen LogP contribution < -0.4 is 25.5 Å². The summed E-state index contributed by atoms with van der Waals surface area (Å²) in [4.78, 5) is 46.2. The van der Waals surface area contributed by atoms with Crippen molar-refractivity contribution in [3.05, 3.63) is 129 Å². The van der Waals surface area contributed by atoms with E-state index in [4.69, 9.17) is 13.9 Å². The summed E-state index contributed by atoms with van der Waals surface area (Å²) in [5.74, 6) is -0.759. The van der Waals surface area contributed by atoms with Gasteiger partial charge in [0, 0.05) is 37.1 Å². The molecule has 48 heavy (non-hydrogen) atoms. The van der Waals surface area contributed by atoms with Gasteiger partial charge in [0.1, 0.15) is 5.58 Å². The van der Waals surface area contributed by atoms with Gasteiger partial charge >= 0.3 is 0 Å². The van der Waals surface area contributed by atoms with E-state index in [0.29, 0.717) is 22.6 Å². The third kappa shape index (κ3) is 7.13. The van der Waals surface area contributed by atoms with Crippen LogP contribution in [0.25, 0.3) is 11.0 Å². The molecular formula is C38H36N4O6. The zero-order valence-corrected chi connectivity index (χ0v) is 27.0. The molecule has 0 atom stereocenters. The molecule has 1 aliphatic rings. The maximum Gasteiger partial charge on any atom is 0.291 e. The van der Waals surface area contributed by atoms with Crippen molar-refractivity contribution in [2.45, 2.75) is 26.4 Å². The number of methoxy groups -OCH3 is 2. The molecule has 2 N–H and O–H groups in total. The van der Waals surface area contributed by atoms with Crippen LogP contribution in [0.2, 0.25) is 0 Å². The number of hydrogen-bond acceptors (Lipinski definition) is 8. The SMILES string of the molecule is CCN(CCc1ccc(NC(=O)c2cc(OC)c(OC)cc2NC(=O)c2cc(=O)c3ccccc3o2)cc1)Cc1ccc2c(c1)C=NC2. The van der Waals surface area contributed by atoms with Crippen molar-refractivity contribution >= 4 is 40.4 Å². The average Bonchev–Trinajstić information content (AvgIpc) is 3.58.